The minimum absolute atomic E-state index is 0.0465. The number of ether oxygens (including phenoxy) is 2. The lowest BCUT2D eigenvalue weighted by atomic mass is 9.80. The van der Waals surface area contributed by atoms with E-state index >= 15 is 0 Å². The molecule has 0 unspecified atom stereocenters. The molecule has 2 aliphatic rings. The lowest BCUT2D eigenvalue weighted by Crippen LogP contribution is -2.53. The molecule has 1 aliphatic heterocycles. The molecule has 4 aromatic rings. The first-order chi connectivity index (χ1) is 23.5. The Morgan fingerprint density at radius 2 is 1.58 bits per heavy atom. The van der Waals surface area contributed by atoms with Crippen LogP contribution in [0.4, 0.5) is 5.69 Å². The minimum Gasteiger partial charge on any atom is -0.494 e. The molecule has 246 valence electrons. The van der Waals surface area contributed by atoms with Gasteiger partial charge >= 0.3 is 0 Å². The largest absolute Gasteiger partial charge is 0.494 e. The summed E-state index contributed by atoms with van der Waals surface area (Å²) in [4.78, 5) is 22.9. The second kappa shape index (κ2) is 15.2. The second-order valence-corrected chi connectivity index (χ2v) is 12.3. The molecule has 10 heteroatoms. The summed E-state index contributed by atoms with van der Waals surface area (Å²) in [5.74, 6) is 0.658. The van der Waals surface area contributed by atoms with E-state index in [0.29, 0.717) is 67.2 Å². The van der Waals surface area contributed by atoms with Crippen LogP contribution in [0.2, 0.25) is 0 Å². The molecule has 1 saturated carbocycles. The third-order valence-corrected chi connectivity index (χ3v) is 8.99. The van der Waals surface area contributed by atoms with Gasteiger partial charge in [-0.3, -0.25) is 4.79 Å². The van der Waals surface area contributed by atoms with Gasteiger partial charge in [-0.15, -0.1) is 0 Å². The zero-order valence-electron chi connectivity index (χ0n) is 26.6. The number of hydrogen-bond acceptors (Lipinski definition) is 7. The van der Waals surface area contributed by atoms with Crippen molar-refractivity contribution in [2.24, 2.45) is 10.1 Å². The first kappa shape index (κ1) is 32.8. The summed E-state index contributed by atoms with van der Waals surface area (Å²) in [7, 11) is 0. The fraction of sp³-hybridized carbons (Fsp3) is 0.316. The topological polar surface area (TPSA) is 149 Å². The van der Waals surface area contributed by atoms with Crippen LogP contribution in [-0.4, -0.2) is 52.9 Å². The Morgan fingerprint density at radius 3 is 2.29 bits per heavy atom. The fourth-order valence-electron chi connectivity index (χ4n) is 6.39. The van der Waals surface area contributed by atoms with Gasteiger partial charge in [0.25, 0.3) is 5.91 Å². The Bertz CT molecular complexity index is 1770. The van der Waals surface area contributed by atoms with Crippen molar-refractivity contribution >= 4 is 17.5 Å². The number of aliphatic hydroxyl groups is 2. The van der Waals surface area contributed by atoms with Gasteiger partial charge in [-0.1, -0.05) is 84.0 Å². The molecule has 1 fully saturated rings. The Labute approximate surface area is 279 Å². The molecular weight excluding hydrogens is 606 g/mol. The maximum Gasteiger partial charge on any atom is 0.252 e. The minimum atomic E-state index is -1.46. The Morgan fingerprint density at radius 1 is 0.917 bits per heavy atom. The van der Waals surface area contributed by atoms with Crippen LogP contribution < -0.4 is 10.1 Å². The number of benzene rings is 4. The number of nitrogens with zero attached hydrogens (tertiary/aromatic N) is 4. The zero-order chi connectivity index (χ0) is 33.3. The quantitative estimate of drug-likeness (QED) is 0.0658. The molecule has 0 aromatic heterocycles. The Hall–Kier alpha value is -5.15. The van der Waals surface area contributed by atoms with E-state index in [9.17, 15) is 15.4 Å². The summed E-state index contributed by atoms with van der Waals surface area (Å²) in [6, 6.07) is 32.4. The number of rotatable bonds is 12. The molecule has 2 atom stereocenters. The third-order valence-electron chi connectivity index (χ3n) is 8.99. The zero-order valence-corrected chi connectivity index (χ0v) is 26.6. The third kappa shape index (κ3) is 7.37. The number of azide groups is 1. The molecule has 1 aliphatic carbocycles. The number of aliphatic imine (C=N–C) groups is 1. The predicted molar refractivity (Wildman–Crippen MR) is 184 cm³/mol. The van der Waals surface area contributed by atoms with E-state index in [0.717, 1.165) is 16.7 Å². The van der Waals surface area contributed by atoms with Crippen LogP contribution in [0.15, 0.2) is 113 Å². The fourth-order valence-corrected chi connectivity index (χ4v) is 6.39. The van der Waals surface area contributed by atoms with Gasteiger partial charge in [-0.25, -0.2) is 4.99 Å². The van der Waals surface area contributed by atoms with E-state index in [1.165, 1.54) is 0 Å². The first-order valence-corrected chi connectivity index (χ1v) is 16.4. The maximum absolute atomic E-state index is 14.7. The van der Waals surface area contributed by atoms with Crippen molar-refractivity contribution in [2.45, 2.75) is 62.3 Å². The molecule has 0 radical (unpaired) electrons. The molecule has 10 nitrogen and oxygen atoms in total. The molecule has 3 N–H and O–H groups in total. The molecule has 6 rings (SSSR count). The number of nitrogens with one attached hydrogen (secondary N) is 1. The van der Waals surface area contributed by atoms with Crippen molar-refractivity contribution in [2.75, 3.05) is 13.2 Å². The lowest BCUT2D eigenvalue weighted by Gasteiger charge is -2.34. The highest BCUT2D eigenvalue weighted by molar-refractivity contribution is 6.01. The van der Waals surface area contributed by atoms with E-state index < -0.39 is 11.6 Å². The van der Waals surface area contributed by atoms with Gasteiger partial charge in [0.1, 0.15) is 5.75 Å². The molecule has 48 heavy (non-hydrogen) atoms. The standard InChI is InChI=1S/C38H39N5O5/c39-43-42-34-10-5-4-9-30(34)25-38(37(46)40-31-17-19-32(45)20-18-31)35(28-13-11-27(12-14-28)26-7-2-1-3-8-26)48-36(41-38)29-15-21-33(22-16-29)47-24-6-23-44/h1-5,7-16,21-22,31-32,35,44-45H,6,17-20,23-25H2,(H,40,46)/t31?,32?,35-,38-/m1/s1. The van der Waals surface area contributed by atoms with Crippen LogP contribution in [0.25, 0.3) is 21.6 Å². The number of carbonyl (C=O) groups excluding carboxylic acids is 1. The van der Waals surface area contributed by atoms with E-state index in [-0.39, 0.29) is 31.1 Å². The Balaban J connectivity index is 1.43. The van der Waals surface area contributed by atoms with Crippen molar-refractivity contribution in [3.8, 4) is 16.9 Å². The van der Waals surface area contributed by atoms with Crippen LogP contribution in [-0.2, 0) is 16.0 Å². The van der Waals surface area contributed by atoms with Crippen LogP contribution in [0.3, 0.4) is 0 Å². The van der Waals surface area contributed by atoms with Crippen LogP contribution in [0.1, 0.15) is 54.9 Å². The predicted octanol–water partition coefficient (Wildman–Crippen LogP) is 6.98. The highest BCUT2D eigenvalue weighted by Gasteiger charge is 2.54. The first-order valence-electron chi connectivity index (χ1n) is 16.4. The van der Waals surface area contributed by atoms with Crippen LogP contribution >= 0.6 is 0 Å². The number of aliphatic hydroxyl groups excluding tert-OH is 2. The van der Waals surface area contributed by atoms with Crippen molar-refractivity contribution in [1.29, 1.82) is 0 Å². The average molecular weight is 646 g/mol. The van der Waals surface area contributed by atoms with E-state index in [1.54, 1.807) is 12.1 Å². The smallest absolute Gasteiger partial charge is 0.252 e. The Kier molecular flexibility index (Phi) is 10.4. The van der Waals surface area contributed by atoms with Gasteiger partial charge in [0, 0.05) is 41.7 Å². The van der Waals surface area contributed by atoms with Crippen LogP contribution in [0, 0.1) is 0 Å². The van der Waals surface area contributed by atoms with Crippen LogP contribution in [0.5, 0.6) is 5.75 Å². The summed E-state index contributed by atoms with van der Waals surface area (Å²) >= 11 is 0. The molecule has 4 aromatic carbocycles. The molecule has 0 spiro atoms. The summed E-state index contributed by atoms with van der Waals surface area (Å²) < 4.78 is 12.4. The maximum atomic E-state index is 14.7. The van der Waals surface area contributed by atoms with Gasteiger partial charge in [0.2, 0.25) is 5.90 Å². The van der Waals surface area contributed by atoms with Crippen molar-refractivity contribution < 1.29 is 24.5 Å². The SMILES string of the molecule is [N-]=[N+]=Nc1ccccc1C[C@@]1(C(=O)NC2CCC(O)CC2)N=C(c2ccc(OCCCO)cc2)O[C@@H]1c1ccc(-c2ccccc2)cc1. The number of hydrogen-bond donors (Lipinski definition) is 3. The van der Waals surface area contributed by atoms with Crippen molar-refractivity contribution in [3.05, 3.63) is 130 Å². The summed E-state index contributed by atoms with van der Waals surface area (Å²) in [5.41, 5.74) is 12.5. The summed E-state index contributed by atoms with van der Waals surface area (Å²) in [6.07, 6.45) is 1.99. The molecule has 1 heterocycles. The van der Waals surface area contributed by atoms with Gasteiger partial charge < -0.3 is 25.0 Å². The monoisotopic (exact) mass is 645 g/mol. The average Bonchev–Trinajstić information content (AvgIpc) is 3.51. The molecule has 0 saturated heterocycles. The number of carbonyl (C=O) groups is 1. The van der Waals surface area contributed by atoms with Gasteiger partial charge in [0.15, 0.2) is 11.6 Å². The number of amides is 1. The second-order valence-electron chi connectivity index (χ2n) is 12.3. The highest BCUT2D eigenvalue weighted by atomic mass is 16.5. The van der Waals surface area contributed by atoms with Crippen molar-refractivity contribution in [1.82, 2.24) is 5.32 Å². The molecule has 1 amide bonds. The highest BCUT2D eigenvalue weighted by Crippen LogP contribution is 2.44. The lowest BCUT2D eigenvalue weighted by molar-refractivity contribution is -0.130. The van der Waals surface area contributed by atoms with Crippen molar-refractivity contribution in [3.63, 3.8) is 0 Å². The molecule has 0 bridgehead atoms. The van der Waals surface area contributed by atoms with E-state index in [1.807, 2.05) is 91.0 Å². The summed E-state index contributed by atoms with van der Waals surface area (Å²) in [6.45, 7) is 0.436. The normalized spacial score (nSPS) is 21.8. The molecular formula is C38H39N5O5. The van der Waals surface area contributed by atoms with Gasteiger partial charge in [-0.05, 0) is 77.7 Å². The summed E-state index contributed by atoms with van der Waals surface area (Å²) in [5, 5.41) is 26.4. The van der Waals surface area contributed by atoms with Gasteiger partial charge in [0.05, 0.1) is 12.7 Å². The van der Waals surface area contributed by atoms with Gasteiger partial charge in [-0.2, -0.15) is 0 Å². The van der Waals surface area contributed by atoms with E-state index in [2.05, 4.69) is 15.3 Å². The van der Waals surface area contributed by atoms with E-state index in [4.69, 9.17) is 19.6 Å².